The minimum atomic E-state index is 0.332. The molecule has 1 N–H and O–H groups in total. The molecule has 1 aromatic carbocycles. The highest BCUT2D eigenvalue weighted by molar-refractivity contribution is 5.28. The highest BCUT2D eigenvalue weighted by Gasteiger charge is 2.04. The summed E-state index contributed by atoms with van der Waals surface area (Å²) in [4.78, 5) is 0. The molecule has 0 unspecified atom stereocenters. The van der Waals surface area contributed by atoms with Gasteiger partial charge in [-0.1, -0.05) is 26.0 Å². The minimum absolute atomic E-state index is 0.332. The van der Waals surface area contributed by atoms with Crippen LogP contribution >= 0.6 is 0 Å². The summed E-state index contributed by atoms with van der Waals surface area (Å²) < 4.78 is 10.7. The quantitative estimate of drug-likeness (QED) is 0.720. The van der Waals surface area contributed by atoms with Crippen molar-refractivity contribution in [1.82, 2.24) is 5.32 Å². The zero-order chi connectivity index (χ0) is 13.4. The largest absolute Gasteiger partial charge is 0.497 e. The number of rotatable bonds is 8. The fourth-order valence-electron chi connectivity index (χ4n) is 1.68. The van der Waals surface area contributed by atoms with Gasteiger partial charge in [-0.2, -0.15) is 0 Å². The molecule has 0 aromatic heterocycles. The Bertz CT molecular complexity index is 322. The fraction of sp³-hybridized carbons (Fsp3) is 0.600. The third-order valence-electron chi connectivity index (χ3n) is 2.76. The molecule has 18 heavy (non-hydrogen) atoms. The smallest absolute Gasteiger partial charge is 0.118 e. The molecule has 1 atom stereocenters. The van der Waals surface area contributed by atoms with E-state index >= 15 is 0 Å². The van der Waals surface area contributed by atoms with Gasteiger partial charge in [0.25, 0.3) is 0 Å². The van der Waals surface area contributed by atoms with Crippen molar-refractivity contribution in [2.24, 2.45) is 5.92 Å². The number of ether oxygens (including phenoxy) is 2. The van der Waals surface area contributed by atoms with Crippen LogP contribution in [0.5, 0.6) is 5.75 Å². The van der Waals surface area contributed by atoms with Crippen LogP contribution in [0.2, 0.25) is 0 Å². The summed E-state index contributed by atoms with van der Waals surface area (Å²) in [6, 6.07) is 8.49. The van der Waals surface area contributed by atoms with Crippen LogP contribution in [0.3, 0.4) is 0 Å². The van der Waals surface area contributed by atoms with Crippen molar-refractivity contribution in [3.05, 3.63) is 29.8 Å². The standard InChI is InChI=1S/C15H25NO2/c1-12(2)11-18-10-9-16-13(3)14-5-7-15(17-4)8-6-14/h5-8,12-13,16H,9-11H2,1-4H3/t13-/m0/s1. The molecule has 0 aliphatic rings. The van der Waals surface area contributed by atoms with Gasteiger partial charge in [0.2, 0.25) is 0 Å². The average Bonchev–Trinajstić information content (AvgIpc) is 2.38. The van der Waals surface area contributed by atoms with E-state index in [2.05, 4.69) is 38.2 Å². The molecule has 0 aliphatic heterocycles. The molecular formula is C15H25NO2. The van der Waals surface area contributed by atoms with E-state index in [1.807, 2.05) is 12.1 Å². The lowest BCUT2D eigenvalue weighted by molar-refractivity contribution is 0.110. The first-order valence-corrected chi connectivity index (χ1v) is 6.58. The van der Waals surface area contributed by atoms with E-state index in [1.165, 1.54) is 5.56 Å². The Hall–Kier alpha value is -1.06. The number of benzene rings is 1. The third-order valence-corrected chi connectivity index (χ3v) is 2.76. The Morgan fingerprint density at radius 2 is 1.78 bits per heavy atom. The summed E-state index contributed by atoms with van der Waals surface area (Å²) in [7, 11) is 1.68. The Labute approximate surface area is 110 Å². The van der Waals surface area contributed by atoms with E-state index in [4.69, 9.17) is 9.47 Å². The van der Waals surface area contributed by atoms with E-state index in [1.54, 1.807) is 7.11 Å². The van der Waals surface area contributed by atoms with Crippen LogP contribution in [0.4, 0.5) is 0 Å². The van der Waals surface area contributed by atoms with Gasteiger partial charge in [-0.25, -0.2) is 0 Å². The molecule has 102 valence electrons. The maximum absolute atomic E-state index is 5.54. The topological polar surface area (TPSA) is 30.5 Å². The van der Waals surface area contributed by atoms with Crippen LogP contribution in [-0.4, -0.2) is 26.9 Å². The van der Waals surface area contributed by atoms with Crippen molar-refractivity contribution in [3.63, 3.8) is 0 Å². The number of nitrogens with one attached hydrogen (secondary N) is 1. The van der Waals surface area contributed by atoms with Gasteiger partial charge in [0.15, 0.2) is 0 Å². The number of hydrogen-bond donors (Lipinski definition) is 1. The zero-order valence-electron chi connectivity index (χ0n) is 11.9. The Kier molecular flexibility index (Phi) is 6.76. The highest BCUT2D eigenvalue weighted by Crippen LogP contribution is 2.16. The molecule has 1 aromatic rings. The monoisotopic (exact) mass is 251 g/mol. The van der Waals surface area contributed by atoms with Crippen molar-refractivity contribution in [1.29, 1.82) is 0 Å². The molecule has 3 nitrogen and oxygen atoms in total. The second-order valence-electron chi connectivity index (χ2n) is 4.92. The molecule has 1 rings (SSSR count). The van der Waals surface area contributed by atoms with Crippen molar-refractivity contribution in [2.75, 3.05) is 26.9 Å². The van der Waals surface area contributed by atoms with Gasteiger partial charge in [-0.15, -0.1) is 0 Å². The van der Waals surface area contributed by atoms with Gasteiger partial charge in [0.1, 0.15) is 5.75 Å². The van der Waals surface area contributed by atoms with E-state index in [-0.39, 0.29) is 0 Å². The number of methoxy groups -OCH3 is 1. The Morgan fingerprint density at radius 1 is 1.11 bits per heavy atom. The van der Waals surface area contributed by atoms with Crippen molar-refractivity contribution in [3.8, 4) is 5.75 Å². The molecule has 0 spiro atoms. The average molecular weight is 251 g/mol. The lowest BCUT2D eigenvalue weighted by Crippen LogP contribution is -2.23. The van der Waals surface area contributed by atoms with Crippen LogP contribution in [-0.2, 0) is 4.74 Å². The zero-order valence-corrected chi connectivity index (χ0v) is 11.9. The first kappa shape index (κ1) is 15.0. The SMILES string of the molecule is COc1ccc([C@H](C)NCCOCC(C)C)cc1. The van der Waals surface area contributed by atoms with Gasteiger partial charge in [-0.3, -0.25) is 0 Å². The first-order valence-electron chi connectivity index (χ1n) is 6.58. The lowest BCUT2D eigenvalue weighted by Gasteiger charge is -2.15. The Morgan fingerprint density at radius 3 is 2.33 bits per heavy atom. The highest BCUT2D eigenvalue weighted by atomic mass is 16.5. The van der Waals surface area contributed by atoms with Gasteiger partial charge in [-0.05, 0) is 30.5 Å². The Balaban J connectivity index is 2.25. The molecule has 0 radical (unpaired) electrons. The predicted molar refractivity (Wildman–Crippen MR) is 75.1 cm³/mol. The van der Waals surface area contributed by atoms with Crippen molar-refractivity contribution >= 4 is 0 Å². The van der Waals surface area contributed by atoms with E-state index in [9.17, 15) is 0 Å². The van der Waals surface area contributed by atoms with Crippen LogP contribution in [0.15, 0.2) is 24.3 Å². The lowest BCUT2D eigenvalue weighted by atomic mass is 10.1. The molecule has 0 bridgehead atoms. The van der Waals surface area contributed by atoms with E-state index < -0.39 is 0 Å². The van der Waals surface area contributed by atoms with Crippen molar-refractivity contribution in [2.45, 2.75) is 26.8 Å². The van der Waals surface area contributed by atoms with Crippen LogP contribution in [0.25, 0.3) is 0 Å². The second kappa shape index (κ2) is 8.11. The molecule has 0 fully saturated rings. The van der Waals surface area contributed by atoms with Crippen molar-refractivity contribution < 1.29 is 9.47 Å². The number of hydrogen-bond acceptors (Lipinski definition) is 3. The maximum atomic E-state index is 5.54. The van der Waals surface area contributed by atoms with Crippen LogP contribution in [0.1, 0.15) is 32.4 Å². The molecule has 0 saturated heterocycles. The molecular weight excluding hydrogens is 226 g/mol. The summed E-state index contributed by atoms with van der Waals surface area (Å²) >= 11 is 0. The maximum Gasteiger partial charge on any atom is 0.118 e. The summed E-state index contributed by atoms with van der Waals surface area (Å²) in [5.41, 5.74) is 1.26. The second-order valence-corrected chi connectivity index (χ2v) is 4.92. The first-order chi connectivity index (χ1) is 8.63. The molecule has 3 heteroatoms. The van der Waals surface area contributed by atoms with Crippen LogP contribution in [0, 0.1) is 5.92 Å². The summed E-state index contributed by atoms with van der Waals surface area (Å²) in [6.07, 6.45) is 0. The van der Waals surface area contributed by atoms with Gasteiger partial charge >= 0.3 is 0 Å². The summed E-state index contributed by atoms with van der Waals surface area (Å²) in [5.74, 6) is 1.50. The van der Waals surface area contributed by atoms with Gasteiger partial charge in [0, 0.05) is 19.2 Å². The molecule has 0 amide bonds. The normalized spacial score (nSPS) is 12.7. The third kappa shape index (κ3) is 5.52. The molecule has 0 heterocycles. The summed E-state index contributed by atoms with van der Waals surface area (Å²) in [5, 5.41) is 3.44. The summed E-state index contributed by atoms with van der Waals surface area (Å²) in [6.45, 7) is 8.95. The molecule has 0 aliphatic carbocycles. The minimum Gasteiger partial charge on any atom is -0.497 e. The van der Waals surface area contributed by atoms with E-state index in [0.29, 0.717) is 12.0 Å². The molecule has 0 saturated carbocycles. The predicted octanol–water partition coefficient (Wildman–Crippen LogP) is 3.02. The fourth-order valence-corrected chi connectivity index (χ4v) is 1.68. The van der Waals surface area contributed by atoms with E-state index in [0.717, 1.165) is 25.5 Å². The van der Waals surface area contributed by atoms with Gasteiger partial charge < -0.3 is 14.8 Å². The van der Waals surface area contributed by atoms with Crippen LogP contribution < -0.4 is 10.1 Å². The van der Waals surface area contributed by atoms with Gasteiger partial charge in [0.05, 0.1) is 13.7 Å².